The second-order valence-electron chi connectivity index (χ2n) is 4.40. The van der Waals surface area contributed by atoms with Crippen LogP contribution in [0, 0.1) is 6.92 Å². The van der Waals surface area contributed by atoms with Crippen LogP contribution in [0.1, 0.15) is 24.0 Å². The number of benzene rings is 1. The zero-order valence-corrected chi connectivity index (χ0v) is 11.0. The number of aromatic nitrogens is 2. The van der Waals surface area contributed by atoms with E-state index in [1.807, 2.05) is 12.1 Å². The van der Waals surface area contributed by atoms with Crippen LogP contribution in [0.5, 0.6) is 0 Å². The van der Waals surface area contributed by atoms with Gasteiger partial charge in [-0.1, -0.05) is 24.3 Å². The van der Waals surface area contributed by atoms with Gasteiger partial charge in [-0.2, -0.15) is 0 Å². The first-order valence-corrected chi connectivity index (χ1v) is 6.37. The molecular weight excluding hydrogens is 238 g/mol. The zero-order chi connectivity index (χ0) is 13.5. The number of carbonyl (C=O) groups is 1. The molecule has 1 aromatic heterocycles. The van der Waals surface area contributed by atoms with E-state index in [0.29, 0.717) is 12.4 Å². The fourth-order valence-electron chi connectivity index (χ4n) is 1.88. The highest BCUT2D eigenvalue weighted by atomic mass is 16.1. The molecular formula is C15H17N3O. The summed E-state index contributed by atoms with van der Waals surface area (Å²) in [6.45, 7) is 2.09. The molecule has 0 aliphatic rings. The van der Waals surface area contributed by atoms with E-state index in [-0.39, 0.29) is 5.91 Å². The van der Waals surface area contributed by atoms with Crippen LogP contribution in [0.4, 0.5) is 5.95 Å². The van der Waals surface area contributed by atoms with Crippen molar-refractivity contribution in [2.24, 2.45) is 0 Å². The molecule has 0 aliphatic heterocycles. The number of amides is 1. The monoisotopic (exact) mass is 255 g/mol. The third-order valence-corrected chi connectivity index (χ3v) is 2.93. The number of aryl methyl sites for hydroxylation is 2. The number of hydrogen-bond donors (Lipinski definition) is 1. The number of carbonyl (C=O) groups excluding carboxylic acids is 1. The van der Waals surface area contributed by atoms with Gasteiger partial charge in [0.1, 0.15) is 0 Å². The van der Waals surface area contributed by atoms with E-state index >= 15 is 0 Å². The van der Waals surface area contributed by atoms with Gasteiger partial charge in [-0.05, 0) is 37.0 Å². The van der Waals surface area contributed by atoms with E-state index in [9.17, 15) is 4.79 Å². The number of rotatable bonds is 5. The van der Waals surface area contributed by atoms with Gasteiger partial charge in [-0.25, -0.2) is 9.97 Å². The second kappa shape index (κ2) is 6.64. The van der Waals surface area contributed by atoms with Gasteiger partial charge in [0.25, 0.3) is 0 Å². The van der Waals surface area contributed by atoms with Gasteiger partial charge in [-0.3, -0.25) is 10.1 Å². The molecule has 0 saturated carbocycles. The van der Waals surface area contributed by atoms with E-state index in [4.69, 9.17) is 0 Å². The van der Waals surface area contributed by atoms with Crippen molar-refractivity contribution in [2.75, 3.05) is 5.32 Å². The zero-order valence-electron chi connectivity index (χ0n) is 11.0. The lowest BCUT2D eigenvalue weighted by Gasteiger charge is -2.05. The summed E-state index contributed by atoms with van der Waals surface area (Å²) in [4.78, 5) is 19.6. The summed E-state index contributed by atoms with van der Waals surface area (Å²) in [5, 5.41) is 2.68. The van der Waals surface area contributed by atoms with Crippen molar-refractivity contribution in [3.63, 3.8) is 0 Å². The molecule has 1 N–H and O–H groups in total. The Hall–Kier alpha value is -2.23. The molecule has 0 atom stereocenters. The predicted octanol–water partition coefficient (Wildman–Crippen LogP) is 2.75. The lowest BCUT2D eigenvalue weighted by Crippen LogP contribution is -2.13. The van der Waals surface area contributed by atoms with Crippen LogP contribution < -0.4 is 5.32 Å². The van der Waals surface area contributed by atoms with Crippen molar-refractivity contribution >= 4 is 11.9 Å². The Balaban J connectivity index is 1.77. The smallest absolute Gasteiger partial charge is 0.229 e. The lowest BCUT2D eigenvalue weighted by molar-refractivity contribution is -0.116. The number of hydrogen-bond acceptors (Lipinski definition) is 3. The third-order valence-electron chi connectivity index (χ3n) is 2.93. The molecule has 0 fully saturated rings. The summed E-state index contributed by atoms with van der Waals surface area (Å²) < 4.78 is 0. The summed E-state index contributed by atoms with van der Waals surface area (Å²) in [5.41, 5.74) is 2.57. The average Bonchev–Trinajstić information content (AvgIpc) is 2.42. The topological polar surface area (TPSA) is 54.9 Å². The third kappa shape index (κ3) is 4.17. The molecule has 0 spiro atoms. The maximum absolute atomic E-state index is 11.7. The molecule has 2 rings (SSSR count). The molecule has 98 valence electrons. The van der Waals surface area contributed by atoms with Gasteiger partial charge in [-0.15, -0.1) is 0 Å². The largest absolute Gasteiger partial charge is 0.295 e. The van der Waals surface area contributed by atoms with Crippen molar-refractivity contribution in [3.05, 3.63) is 53.9 Å². The summed E-state index contributed by atoms with van der Waals surface area (Å²) >= 11 is 0. The molecule has 1 heterocycles. The standard InChI is InChI=1S/C15H17N3O/c1-12-6-2-3-7-13(12)8-4-9-14(19)18-15-16-10-5-11-17-15/h2-3,5-7,10-11H,4,8-9H2,1H3,(H,16,17,18,19). The minimum Gasteiger partial charge on any atom is -0.295 e. The number of nitrogens with zero attached hydrogens (tertiary/aromatic N) is 2. The summed E-state index contributed by atoms with van der Waals surface area (Å²) in [7, 11) is 0. The molecule has 4 nitrogen and oxygen atoms in total. The van der Waals surface area contributed by atoms with Crippen molar-refractivity contribution in [1.29, 1.82) is 0 Å². The van der Waals surface area contributed by atoms with Crippen LogP contribution >= 0.6 is 0 Å². The molecule has 19 heavy (non-hydrogen) atoms. The Morgan fingerprint density at radius 2 is 1.89 bits per heavy atom. The highest BCUT2D eigenvalue weighted by molar-refractivity contribution is 5.88. The molecule has 2 aromatic rings. The Morgan fingerprint density at radius 1 is 1.16 bits per heavy atom. The lowest BCUT2D eigenvalue weighted by atomic mass is 10.0. The summed E-state index contributed by atoms with van der Waals surface area (Å²) in [6.07, 6.45) is 5.43. The number of nitrogens with one attached hydrogen (secondary N) is 1. The molecule has 0 saturated heterocycles. The van der Waals surface area contributed by atoms with E-state index in [0.717, 1.165) is 12.8 Å². The quantitative estimate of drug-likeness (QED) is 0.893. The maximum Gasteiger partial charge on any atom is 0.229 e. The highest BCUT2D eigenvalue weighted by Gasteiger charge is 2.04. The Kier molecular flexibility index (Phi) is 4.61. The summed E-state index contributed by atoms with van der Waals surface area (Å²) in [6, 6.07) is 9.97. The van der Waals surface area contributed by atoms with Gasteiger partial charge in [0, 0.05) is 18.8 Å². The van der Waals surface area contributed by atoms with Crippen LogP contribution in [-0.4, -0.2) is 15.9 Å². The Labute approximate surface area is 112 Å². The molecule has 4 heteroatoms. The maximum atomic E-state index is 11.7. The van der Waals surface area contributed by atoms with Gasteiger partial charge >= 0.3 is 0 Å². The van der Waals surface area contributed by atoms with Gasteiger partial charge in [0.05, 0.1) is 0 Å². The molecule has 1 aromatic carbocycles. The fraction of sp³-hybridized carbons (Fsp3) is 0.267. The van der Waals surface area contributed by atoms with Gasteiger partial charge in [0.15, 0.2) is 0 Å². The number of anilines is 1. The fourth-order valence-corrected chi connectivity index (χ4v) is 1.88. The van der Waals surface area contributed by atoms with Crippen LogP contribution in [-0.2, 0) is 11.2 Å². The average molecular weight is 255 g/mol. The van der Waals surface area contributed by atoms with E-state index in [1.54, 1.807) is 18.5 Å². The normalized spacial score (nSPS) is 10.2. The molecule has 1 amide bonds. The SMILES string of the molecule is Cc1ccccc1CCCC(=O)Nc1ncccn1. The minimum absolute atomic E-state index is 0.0419. The molecule has 0 radical (unpaired) electrons. The van der Waals surface area contributed by atoms with Gasteiger partial charge in [0.2, 0.25) is 11.9 Å². The predicted molar refractivity (Wildman–Crippen MR) is 74.8 cm³/mol. The Bertz CT molecular complexity index is 540. The van der Waals surface area contributed by atoms with E-state index < -0.39 is 0 Å². The second-order valence-corrected chi connectivity index (χ2v) is 4.40. The Morgan fingerprint density at radius 3 is 2.63 bits per heavy atom. The first kappa shape index (κ1) is 13.2. The first-order valence-electron chi connectivity index (χ1n) is 6.37. The first-order chi connectivity index (χ1) is 9.25. The van der Waals surface area contributed by atoms with Crippen molar-refractivity contribution in [1.82, 2.24) is 9.97 Å². The van der Waals surface area contributed by atoms with E-state index in [1.165, 1.54) is 11.1 Å². The van der Waals surface area contributed by atoms with Crippen LogP contribution in [0.2, 0.25) is 0 Å². The molecule has 0 unspecified atom stereocenters. The molecule has 0 bridgehead atoms. The highest BCUT2D eigenvalue weighted by Crippen LogP contribution is 2.10. The van der Waals surface area contributed by atoms with Crippen molar-refractivity contribution in [2.45, 2.75) is 26.2 Å². The van der Waals surface area contributed by atoms with Gasteiger partial charge < -0.3 is 0 Å². The van der Waals surface area contributed by atoms with Crippen molar-refractivity contribution < 1.29 is 4.79 Å². The molecule has 0 aliphatic carbocycles. The van der Waals surface area contributed by atoms with Crippen LogP contribution in [0.25, 0.3) is 0 Å². The van der Waals surface area contributed by atoms with E-state index in [2.05, 4.69) is 34.3 Å². The van der Waals surface area contributed by atoms with Crippen molar-refractivity contribution in [3.8, 4) is 0 Å². The van der Waals surface area contributed by atoms with Crippen LogP contribution in [0.3, 0.4) is 0 Å². The van der Waals surface area contributed by atoms with Crippen LogP contribution in [0.15, 0.2) is 42.7 Å². The summed E-state index contributed by atoms with van der Waals surface area (Å²) in [5.74, 6) is 0.322. The minimum atomic E-state index is -0.0419.